The van der Waals surface area contributed by atoms with Crippen LogP contribution >= 0.6 is 0 Å². The van der Waals surface area contributed by atoms with Gasteiger partial charge in [-0.15, -0.1) is 0 Å². The van der Waals surface area contributed by atoms with Crippen LogP contribution in [-0.4, -0.2) is 40.7 Å². The molecule has 1 aromatic rings. The number of carboxylic acid groups (broad SMARTS) is 2. The Morgan fingerprint density at radius 3 is 2.45 bits per heavy atom. The van der Waals surface area contributed by atoms with Crippen molar-refractivity contribution in [3.05, 3.63) is 30.1 Å². The summed E-state index contributed by atoms with van der Waals surface area (Å²) in [6.45, 7) is -0.621. The highest BCUT2D eigenvalue weighted by molar-refractivity contribution is 5.87. The number of nitrogens with one attached hydrogen (secondary N) is 1. The molecule has 0 aliphatic rings. The molecule has 0 saturated carbocycles. The Hall–Kier alpha value is -2.64. The van der Waals surface area contributed by atoms with Gasteiger partial charge in [0.25, 0.3) is 5.91 Å². The summed E-state index contributed by atoms with van der Waals surface area (Å²) in [5.74, 6) is -4.53. The van der Waals surface area contributed by atoms with Crippen LogP contribution in [0.5, 0.6) is 5.75 Å². The van der Waals surface area contributed by atoms with E-state index in [9.17, 15) is 18.8 Å². The Kier molecular flexibility index (Phi) is 5.45. The Morgan fingerprint density at radius 1 is 1.25 bits per heavy atom. The lowest BCUT2D eigenvalue weighted by Crippen LogP contribution is -2.44. The lowest BCUT2D eigenvalue weighted by molar-refractivity contribution is -0.147. The lowest BCUT2D eigenvalue weighted by Gasteiger charge is -2.13. The molecular formula is C12H12FNO6. The van der Waals surface area contributed by atoms with Gasteiger partial charge in [0.1, 0.15) is 6.04 Å². The third-order valence-corrected chi connectivity index (χ3v) is 2.21. The number of carbonyl (C=O) groups is 3. The highest BCUT2D eigenvalue weighted by Gasteiger charge is 2.23. The van der Waals surface area contributed by atoms with Crippen LogP contribution in [0.15, 0.2) is 24.3 Å². The van der Waals surface area contributed by atoms with Crippen LogP contribution in [0.1, 0.15) is 6.42 Å². The Balaban J connectivity index is 2.52. The summed E-state index contributed by atoms with van der Waals surface area (Å²) in [5.41, 5.74) is 0. The average molecular weight is 285 g/mol. The largest absolute Gasteiger partial charge is 0.481 e. The molecule has 0 aromatic heterocycles. The SMILES string of the molecule is O=C(O)CC(NC(=O)COc1ccccc1F)C(=O)O. The van der Waals surface area contributed by atoms with Gasteiger partial charge in [0.05, 0.1) is 6.42 Å². The van der Waals surface area contributed by atoms with E-state index in [2.05, 4.69) is 0 Å². The molecule has 0 bridgehead atoms. The molecule has 0 spiro atoms. The molecule has 0 aliphatic heterocycles. The molecule has 0 heterocycles. The lowest BCUT2D eigenvalue weighted by atomic mass is 10.2. The summed E-state index contributed by atoms with van der Waals surface area (Å²) in [7, 11) is 0. The Morgan fingerprint density at radius 2 is 1.90 bits per heavy atom. The van der Waals surface area contributed by atoms with Crippen LogP contribution in [0.3, 0.4) is 0 Å². The minimum atomic E-state index is -1.57. The van der Waals surface area contributed by atoms with Gasteiger partial charge >= 0.3 is 11.9 Å². The molecule has 3 N–H and O–H groups in total. The van der Waals surface area contributed by atoms with Crippen LogP contribution < -0.4 is 10.1 Å². The van der Waals surface area contributed by atoms with Crippen molar-refractivity contribution in [3.8, 4) is 5.75 Å². The van der Waals surface area contributed by atoms with E-state index in [0.717, 1.165) is 6.07 Å². The van der Waals surface area contributed by atoms with Crippen molar-refractivity contribution in [1.82, 2.24) is 5.32 Å². The Labute approximate surface area is 113 Å². The molecule has 0 saturated heterocycles. The molecule has 0 radical (unpaired) electrons. The first kappa shape index (κ1) is 15.4. The minimum absolute atomic E-state index is 0.159. The number of carbonyl (C=O) groups excluding carboxylic acids is 1. The number of aliphatic carboxylic acids is 2. The van der Waals surface area contributed by atoms with E-state index in [1.54, 1.807) is 0 Å². The van der Waals surface area contributed by atoms with Gasteiger partial charge in [-0.05, 0) is 12.1 Å². The van der Waals surface area contributed by atoms with Gasteiger partial charge in [0, 0.05) is 0 Å². The van der Waals surface area contributed by atoms with E-state index in [0.29, 0.717) is 0 Å². The van der Waals surface area contributed by atoms with E-state index in [1.807, 2.05) is 5.32 Å². The first-order valence-corrected chi connectivity index (χ1v) is 5.51. The van der Waals surface area contributed by atoms with Gasteiger partial charge in [-0.3, -0.25) is 9.59 Å². The topological polar surface area (TPSA) is 113 Å². The second-order valence-electron chi connectivity index (χ2n) is 3.78. The first-order chi connectivity index (χ1) is 9.40. The molecular weight excluding hydrogens is 273 g/mol. The van der Waals surface area contributed by atoms with Crippen molar-refractivity contribution >= 4 is 17.8 Å². The van der Waals surface area contributed by atoms with Crippen molar-refractivity contribution in [2.75, 3.05) is 6.61 Å². The number of carboxylic acids is 2. The maximum Gasteiger partial charge on any atom is 0.326 e. The van der Waals surface area contributed by atoms with Crippen LogP contribution in [-0.2, 0) is 14.4 Å². The smallest absolute Gasteiger partial charge is 0.326 e. The van der Waals surface area contributed by atoms with Crippen molar-refractivity contribution in [2.24, 2.45) is 0 Å². The number of hydrogen-bond acceptors (Lipinski definition) is 4. The molecule has 1 unspecified atom stereocenters. The van der Waals surface area contributed by atoms with Gasteiger partial charge in [0.2, 0.25) is 0 Å². The summed E-state index contributed by atoms with van der Waals surface area (Å²) >= 11 is 0. The number of halogens is 1. The number of ether oxygens (including phenoxy) is 1. The monoisotopic (exact) mass is 285 g/mol. The Bertz CT molecular complexity index is 518. The molecule has 7 nitrogen and oxygen atoms in total. The van der Waals surface area contributed by atoms with Crippen molar-refractivity contribution in [2.45, 2.75) is 12.5 Å². The maximum atomic E-state index is 13.2. The number of amides is 1. The summed E-state index contributed by atoms with van der Waals surface area (Å²) in [6, 6.07) is 3.81. The quantitative estimate of drug-likeness (QED) is 0.662. The predicted molar refractivity (Wildman–Crippen MR) is 63.7 cm³/mol. The minimum Gasteiger partial charge on any atom is -0.481 e. The van der Waals surface area contributed by atoms with E-state index in [-0.39, 0.29) is 5.75 Å². The number of hydrogen-bond donors (Lipinski definition) is 3. The second kappa shape index (κ2) is 7.07. The summed E-state index contributed by atoms with van der Waals surface area (Å²) in [5, 5.41) is 19.2. The molecule has 1 rings (SSSR count). The highest BCUT2D eigenvalue weighted by atomic mass is 19.1. The standard InChI is InChI=1S/C12H12FNO6/c13-7-3-1-2-4-9(7)20-6-10(15)14-8(12(18)19)5-11(16)17/h1-4,8H,5-6H2,(H,14,15)(H,16,17)(H,18,19). The molecule has 0 aliphatic carbocycles. The van der Waals surface area contributed by atoms with Crippen molar-refractivity contribution < 1.29 is 33.7 Å². The molecule has 20 heavy (non-hydrogen) atoms. The number of benzene rings is 1. The van der Waals surface area contributed by atoms with E-state index in [4.69, 9.17) is 14.9 Å². The third kappa shape index (κ3) is 4.92. The van der Waals surface area contributed by atoms with Crippen LogP contribution in [0.2, 0.25) is 0 Å². The zero-order valence-electron chi connectivity index (χ0n) is 10.2. The van der Waals surface area contributed by atoms with Gasteiger partial charge in [0.15, 0.2) is 18.2 Å². The summed E-state index contributed by atoms with van der Waals surface area (Å²) in [4.78, 5) is 32.6. The zero-order valence-corrected chi connectivity index (χ0v) is 10.2. The van der Waals surface area contributed by atoms with Gasteiger partial charge in [-0.25, -0.2) is 9.18 Å². The molecule has 108 valence electrons. The van der Waals surface area contributed by atoms with Gasteiger partial charge in [-0.1, -0.05) is 12.1 Å². The molecule has 1 atom stereocenters. The molecule has 1 aromatic carbocycles. The molecule has 8 heteroatoms. The summed E-state index contributed by atoms with van der Waals surface area (Å²) < 4.78 is 18.0. The average Bonchev–Trinajstić information content (AvgIpc) is 2.36. The molecule has 1 amide bonds. The fraction of sp³-hybridized carbons (Fsp3) is 0.250. The fourth-order valence-corrected chi connectivity index (χ4v) is 1.32. The van der Waals surface area contributed by atoms with Gasteiger partial charge < -0.3 is 20.3 Å². The first-order valence-electron chi connectivity index (χ1n) is 5.51. The van der Waals surface area contributed by atoms with E-state index in [1.165, 1.54) is 18.2 Å². The van der Waals surface area contributed by atoms with Crippen LogP contribution in [0, 0.1) is 5.82 Å². The maximum absolute atomic E-state index is 13.2. The normalized spacial score (nSPS) is 11.4. The van der Waals surface area contributed by atoms with E-state index < -0.39 is 42.7 Å². The highest BCUT2D eigenvalue weighted by Crippen LogP contribution is 2.14. The zero-order chi connectivity index (χ0) is 15.1. The number of para-hydroxylation sites is 1. The van der Waals surface area contributed by atoms with Crippen molar-refractivity contribution in [1.29, 1.82) is 0 Å². The fourth-order valence-electron chi connectivity index (χ4n) is 1.32. The second-order valence-corrected chi connectivity index (χ2v) is 3.78. The van der Waals surface area contributed by atoms with Crippen LogP contribution in [0.4, 0.5) is 4.39 Å². The third-order valence-electron chi connectivity index (χ3n) is 2.21. The predicted octanol–water partition coefficient (Wildman–Crippen LogP) is 0.249. The van der Waals surface area contributed by atoms with Crippen LogP contribution in [0.25, 0.3) is 0 Å². The van der Waals surface area contributed by atoms with Crippen molar-refractivity contribution in [3.63, 3.8) is 0 Å². The summed E-state index contributed by atoms with van der Waals surface area (Å²) in [6.07, 6.45) is -0.763. The molecule has 0 fully saturated rings. The number of rotatable bonds is 7. The van der Waals surface area contributed by atoms with Gasteiger partial charge in [-0.2, -0.15) is 0 Å². The van der Waals surface area contributed by atoms with E-state index >= 15 is 0 Å².